The first-order valence-electron chi connectivity index (χ1n) is 7.36. The molecule has 0 radical (unpaired) electrons. The Labute approximate surface area is 140 Å². The molecule has 0 fully saturated rings. The van der Waals surface area contributed by atoms with Crippen LogP contribution in [0.1, 0.15) is 29.0 Å². The van der Waals surface area contributed by atoms with Gasteiger partial charge in [-0.1, -0.05) is 77.3 Å². The van der Waals surface area contributed by atoms with E-state index in [-0.39, 0.29) is 0 Å². The minimum Gasteiger partial charge on any atom is -0.0843 e. The number of hydrogen-bond donors (Lipinski definition) is 0. The third-order valence-corrected chi connectivity index (χ3v) is 4.92. The molecule has 1 atom stereocenters. The summed E-state index contributed by atoms with van der Waals surface area (Å²) in [7, 11) is 0. The SMILES string of the molecule is Clc1ccc2c(c1)C(c1ccccc1Cl)=CCC1=CC=CC12. The molecule has 0 aliphatic heterocycles. The van der Waals surface area contributed by atoms with Gasteiger partial charge in [0, 0.05) is 21.5 Å². The van der Waals surface area contributed by atoms with Crippen LogP contribution in [0.15, 0.2) is 72.3 Å². The first-order chi connectivity index (χ1) is 10.7. The average Bonchev–Trinajstić information content (AvgIpc) is 2.92. The molecule has 2 aliphatic carbocycles. The predicted molar refractivity (Wildman–Crippen MR) is 94.6 cm³/mol. The standard InChI is InChI=1S/C20H14Cl2/c21-14-9-11-16-15-6-3-4-13(15)8-10-17(19(16)12-14)18-5-1-2-7-20(18)22/h1-7,9-12,15H,8H2. The second-order valence-electron chi connectivity index (χ2n) is 5.64. The van der Waals surface area contributed by atoms with Crippen LogP contribution in [0.25, 0.3) is 5.57 Å². The van der Waals surface area contributed by atoms with Crippen molar-refractivity contribution in [3.8, 4) is 0 Å². The van der Waals surface area contributed by atoms with Crippen LogP contribution in [0.3, 0.4) is 0 Å². The normalized spacial score (nSPS) is 19.1. The van der Waals surface area contributed by atoms with Gasteiger partial charge in [-0.05, 0) is 41.3 Å². The Bertz CT molecular complexity index is 841. The lowest BCUT2D eigenvalue weighted by Gasteiger charge is -2.17. The van der Waals surface area contributed by atoms with E-state index in [0.717, 1.165) is 22.0 Å². The van der Waals surface area contributed by atoms with Gasteiger partial charge in [0.1, 0.15) is 0 Å². The summed E-state index contributed by atoms with van der Waals surface area (Å²) in [5.41, 5.74) is 6.14. The number of fused-ring (bicyclic) bond motifs is 3. The summed E-state index contributed by atoms with van der Waals surface area (Å²) in [4.78, 5) is 0. The zero-order valence-electron chi connectivity index (χ0n) is 11.9. The van der Waals surface area contributed by atoms with Crippen LogP contribution in [0.4, 0.5) is 0 Å². The van der Waals surface area contributed by atoms with E-state index in [1.165, 1.54) is 22.3 Å². The minimum atomic E-state index is 0.350. The third kappa shape index (κ3) is 2.24. The smallest absolute Gasteiger partial charge is 0.0484 e. The molecule has 2 aromatic carbocycles. The van der Waals surface area contributed by atoms with Crippen molar-refractivity contribution in [1.29, 1.82) is 0 Å². The fourth-order valence-electron chi connectivity index (χ4n) is 3.31. The van der Waals surface area contributed by atoms with Crippen molar-refractivity contribution in [3.63, 3.8) is 0 Å². The van der Waals surface area contributed by atoms with Gasteiger partial charge in [0.15, 0.2) is 0 Å². The average molecular weight is 325 g/mol. The van der Waals surface area contributed by atoms with E-state index in [0.29, 0.717) is 5.92 Å². The zero-order chi connectivity index (χ0) is 15.1. The molecule has 0 saturated heterocycles. The maximum Gasteiger partial charge on any atom is 0.0484 e. The second kappa shape index (κ2) is 5.46. The van der Waals surface area contributed by atoms with Crippen LogP contribution in [-0.2, 0) is 0 Å². The number of hydrogen-bond acceptors (Lipinski definition) is 0. The van der Waals surface area contributed by atoms with Crippen molar-refractivity contribution in [1.82, 2.24) is 0 Å². The molecule has 2 aliphatic rings. The predicted octanol–water partition coefficient (Wildman–Crippen LogP) is 6.41. The molecule has 2 heteroatoms. The minimum absolute atomic E-state index is 0.350. The Morgan fingerprint density at radius 2 is 1.82 bits per heavy atom. The number of allylic oxidation sites excluding steroid dienone is 5. The van der Waals surface area contributed by atoms with Crippen LogP contribution >= 0.6 is 23.2 Å². The fourth-order valence-corrected chi connectivity index (χ4v) is 3.72. The first-order valence-corrected chi connectivity index (χ1v) is 8.12. The van der Waals surface area contributed by atoms with E-state index in [1.807, 2.05) is 24.3 Å². The molecule has 0 bridgehead atoms. The number of rotatable bonds is 1. The molecule has 0 aromatic heterocycles. The van der Waals surface area contributed by atoms with Crippen molar-refractivity contribution in [3.05, 3.63) is 99.1 Å². The third-order valence-electron chi connectivity index (χ3n) is 4.36. The molecule has 0 amide bonds. The van der Waals surface area contributed by atoms with Crippen molar-refractivity contribution in [2.45, 2.75) is 12.3 Å². The van der Waals surface area contributed by atoms with Gasteiger partial charge in [-0.2, -0.15) is 0 Å². The van der Waals surface area contributed by atoms with Crippen molar-refractivity contribution >= 4 is 28.8 Å². The summed E-state index contributed by atoms with van der Waals surface area (Å²) < 4.78 is 0. The van der Waals surface area contributed by atoms with Gasteiger partial charge in [-0.15, -0.1) is 0 Å². The molecule has 0 heterocycles. The summed E-state index contributed by atoms with van der Waals surface area (Å²) in [6, 6.07) is 14.2. The topological polar surface area (TPSA) is 0 Å². The Balaban J connectivity index is 1.97. The Morgan fingerprint density at radius 1 is 0.955 bits per heavy atom. The van der Waals surface area contributed by atoms with Crippen LogP contribution in [-0.4, -0.2) is 0 Å². The highest BCUT2D eigenvalue weighted by atomic mass is 35.5. The molecular formula is C20H14Cl2. The highest BCUT2D eigenvalue weighted by molar-refractivity contribution is 6.33. The van der Waals surface area contributed by atoms with E-state index in [1.54, 1.807) is 0 Å². The van der Waals surface area contributed by atoms with E-state index in [4.69, 9.17) is 23.2 Å². The molecule has 0 nitrogen and oxygen atoms in total. The zero-order valence-corrected chi connectivity index (χ0v) is 13.4. The maximum atomic E-state index is 6.44. The van der Waals surface area contributed by atoms with Crippen LogP contribution in [0, 0.1) is 0 Å². The van der Waals surface area contributed by atoms with Gasteiger partial charge in [-0.3, -0.25) is 0 Å². The second-order valence-corrected chi connectivity index (χ2v) is 6.48. The van der Waals surface area contributed by atoms with Gasteiger partial charge in [0.2, 0.25) is 0 Å². The van der Waals surface area contributed by atoms with E-state index >= 15 is 0 Å². The quantitative estimate of drug-likeness (QED) is 0.568. The Hall–Kier alpha value is -1.76. The maximum absolute atomic E-state index is 6.44. The molecule has 2 aromatic rings. The highest BCUT2D eigenvalue weighted by Crippen LogP contribution is 2.43. The molecule has 22 heavy (non-hydrogen) atoms. The molecule has 4 rings (SSSR count). The van der Waals surface area contributed by atoms with Crippen molar-refractivity contribution in [2.75, 3.05) is 0 Å². The molecular weight excluding hydrogens is 311 g/mol. The number of halogens is 2. The summed E-state index contributed by atoms with van der Waals surface area (Å²) in [6.07, 6.45) is 9.83. The van der Waals surface area contributed by atoms with Crippen molar-refractivity contribution in [2.24, 2.45) is 0 Å². The van der Waals surface area contributed by atoms with Gasteiger partial charge >= 0.3 is 0 Å². The molecule has 0 saturated carbocycles. The summed E-state index contributed by atoms with van der Waals surface area (Å²) in [5.74, 6) is 0.350. The van der Waals surface area contributed by atoms with E-state index < -0.39 is 0 Å². The molecule has 108 valence electrons. The summed E-state index contributed by atoms with van der Waals surface area (Å²) >= 11 is 12.7. The van der Waals surface area contributed by atoms with Crippen LogP contribution in [0.2, 0.25) is 10.0 Å². The molecule has 1 unspecified atom stereocenters. The highest BCUT2D eigenvalue weighted by Gasteiger charge is 2.25. The van der Waals surface area contributed by atoms with Gasteiger partial charge in [0.05, 0.1) is 0 Å². The van der Waals surface area contributed by atoms with E-state index in [9.17, 15) is 0 Å². The van der Waals surface area contributed by atoms with Gasteiger partial charge < -0.3 is 0 Å². The monoisotopic (exact) mass is 324 g/mol. The largest absolute Gasteiger partial charge is 0.0843 e. The van der Waals surface area contributed by atoms with Gasteiger partial charge in [-0.25, -0.2) is 0 Å². The summed E-state index contributed by atoms with van der Waals surface area (Å²) in [6.45, 7) is 0. The fraction of sp³-hybridized carbons (Fsp3) is 0.100. The van der Waals surface area contributed by atoms with Gasteiger partial charge in [0.25, 0.3) is 0 Å². The lowest BCUT2D eigenvalue weighted by Crippen LogP contribution is -1.99. The van der Waals surface area contributed by atoms with Crippen molar-refractivity contribution < 1.29 is 0 Å². The van der Waals surface area contributed by atoms with E-state index in [2.05, 4.69) is 42.5 Å². The van der Waals surface area contributed by atoms with Crippen LogP contribution < -0.4 is 0 Å². The Kier molecular flexibility index (Phi) is 3.44. The Morgan fingerprint density at radius 3 is 2.68 bits per heavy atom. The molecule has 0 N–H and O–H groups in total. The lowest BCUT2D eigenvalue weighted by molar-refractivity contribution is 0.974. The van der Waals surface area contributed by atoms with Crippen LogP contribution in [0.5, 0.6) is 0 Å². The first kappa shape index (κ1) is 13.9. The molecule has 0 spiro atoms. The lowest BCUT2D eigenvalue weighted by atomic mass is 9.88. The number of benzene rings is 2. The summed E-state index contributed by atoms with van der Waals surface area (Å²) in [5, 5.41) is 1.53.